The van der Waals surface area contributed by atoms with Crippen molar-refractivity contribution in [2.45, 2.75) is 44.2 Å². The molecule has 1 fully saturated rings. The number of aromatic nitrogens is 2. The van der Waals surface area contributed by atoms with Crippen molar-refractivity contribution in [2.24, 2.45) is 0 Å². The van der Waals surface area contributed by atoms with Gasteiger partial charge in [0.05, 0.1) is 6.20 Å². The highest BCUT2D eigenvalue weighted by Gasteiger charge is 2.27. The molecular weight excluding hydrogens is 162 g/mol. The standard InChI is InChI=1S/C10H15N3/c1-2-8(1)12-9-3-4-10-7(5-9)6-11-13-10/h6,8-9,12H,1-5H2,(H,11,13). The number of nitrogens with one attached hydrogen (secondary N) is 2. The van der Waals surface area contributed by atoms with E-state index in [4.69, 9.17) is 0 Å². The van der Waals surface area contributed by atoms with Crippen LogP contribution in [0.25, 0.3) is 0 Å². The summed E-state index contributed by atoms with van der Waals surface area (Å²) < 4.78 is 0. The second-order valence-corrected chi connectivity index (χ2v) is 4.25. The highest BCUT2D eigenvalue weighted by Crippen LogP contribution is 2.24. The van der Waals surface area contributed by atoms with E-state index in [-0.39, 0.29) is 0 Å². The lowest BCUT2D eigenvalue weighted by Crippen LogP contribution is -2.35. The molecule has 1 unspecified atom stereocenters. The summed E-state index contributed by atoms with van der Waals surface area (Å²) in [6, 6.07) is 1.54. The first-order chi connectivity index (χ1) is 6.42. The molecule has 0 radical (unpaired) electrons. The molecule has 0 amide bonds. The second-order valence-electron chi connectivity index (χ2n) is 4.25. The molecule has 0 spiro atoms. The molecule has 2 aliphatic carbocycles. The highest BCUT2D eigenvalue weighted by atomic mass is 15.1. The summed E-state index contributed by atoms with van der Waals surface area (Å²) in [5.74, 6) is 0. The molecule has 3 rings (SSSR count). The Morgan fingerprint density at radius 3 is 3.08 bits per heavy atom. The Labute approximate surface area is 77.9 Å². The normalized spacial score (nSPS) is 27.2. The van der Waals surface area contributed by atoms with Gasteiger partial charge in [0.1, 0.15) is 0 Å². The maximum atomic E-state index is 4.08. The summed E-state index contributed by atoms with van der Waals surface area (Å²) in [4.78, 5) is 0. The van der Waals surface area contributed by atoms with Gasteiger partial charge in [-0.1, -0.05) is 0 Å². The molecule has 1 heterocycles. The van der Waals surface area contributed by atoms with Gasteiger partial charge in [-0.15, -0.1) is 0 Å². The van der Waals surface area contributed by atoms with Gasteiger partial charge in [0, 0.05) is 17.8 Å². The molecule has 1 aromatic rings. The Hall–Kier alpha value is -0.830. The Kier molecular flexibility index (Phi) is 1.65. The van der Waals surface area contributed by atoms with Crippen molar-refractivity contribution in [1.82, 2.24) is 15.5 Å². The van der Waals surface area contributed by atoms with Crippen molar-refractivity contribution >= 4 is 0 Å². The quantitative estimate of drug-likeness (QED) is 0.708. The number of rotatable bonds is 2. The van der Waals surface area contributed by atoms with Crippen LogP contribution in [0, 0.1) is 0 Å². The first-order valence-corrected chi connectivity index (χ1v) is 5.19. The van der Waals surface area contributed by atoms with Crippen LogP contribution in [0.2, 0.25) is 0 Å². The molecule has 2 aliphatic rings. The van der Waals surface area contributed by atoms with Crippen LogP contribution >= 0.6 is 0 Å². The van der Waals surface area contributed by atoms with Gasteiger partial charge in [0.2, 0.25) is 0 Å². The first-order valence-electron chi connectivity index (χ1n) is 5.19. The molecule has 2 N–H and O–H groups in total. The van der Waals surface area contributed by atoms with Gasteiger partial charge >= 0.3 is 0 Å². The third kappa shape index (κ3) is 1.48. The van der Waals surface area contributed by atoms with Crippen LogP contribution in [0.5, 0.6) is 0 Å². The van der Waals surface area contributed by atoms with Crippen molar-refractivity contribution in [3.63, 3.8) is 0 Å². The zero-order valence-electron chi connectivity index (χ0n) is 7.71. The molecule has 3 nitrogen and oxygen atoms in total. The molecule has 13 heavy (non-hydrogen) atoms. The van der Waals surface area contributed by atoms with Gasteiger partial charge < -0.3 is 5.32 Å². The van der Waals surface area contributed by atoms with E-state index in [9.17, 15) is 0 Å². The third-order valence-corrected chi connectivity index (χ3v) is 3.07. The maximum Gasteiger partial charge on any atom is 0.0522 e. The van der Waals surface area contributed by atoms with Crippen molar-refractivity contribution in [3.8, 4) is 0 Å². The number of H-pyrrole nitrogens is 1. The Balaban J connectivity index is 1.69. The molecule has 0 aliphatic heterocycles. The Morgan fingerprint density at radius 1 is 1.31 bits per heavy atom. The topological polar surface area (TPSA) is 40.7 Å². The molecule has 70 valence electrons. The Morgan fingerprint density at radius 2 is 2.23 bits per heavy atom. The molecule has 1 atom stereocenters. The number of fused-ring (bicyclic) bond motifs is 1. The van der Waals surface area contributed by atoms with Gasteiger partial charge in [-0.05, 0) is 37.7 Å². The van der Waals surface area contributed by atoms with Crippen LogP contribution in [0.4, 0.5) is 0 Å². The van der Waals surface area contributed by atoms with E-state index in [0.717, 1.165) is 6.04 Å². The summed E-state index contributed by atoms with van der Waals surface area (Å²) in [6.45, 7) is 0. The lowest BCUT2D eigenvalue weighted by atomic mass is 9.93. The first kappa shape index (κ1) is 7.56. The fourth-order valence-corrected chi connectivity index (χ4v) is 2.14. The van der Waals surface area contributed by atoms with E-state index < -0.39 is 0 Å². The van der Waals surface area contributed by atoms with Crippen LogP contribution < -0.4 is 5.32 Å². The summed E-state index contributed by atoms with van der Waals surface area (Å²) >= 11 is 0. The van der Waals surface area contributed by atoms with Crippen molar-refractivity contribution in [3.05, 3.63) is 17.5 Å². The number of hydrogen-bond donors (Lipinski definition) is 2. The summed E-state index contributed by atoms with van der Waals surface area (Å²) in [5.41, 5.74) is 2.78. The molecule has 3 heteroatoms. The van der Waals surface area contributed by atoms with Crippen molar-refractivity contribution in [2.75, 3.05) is 0 Å². The van der Waals surface area contributed by atoms with Gasteiger partial charge in [0.25, 0.3) is 0 Å². The zero-order valence-corrected chi connectivity index (χ0v) is 7.71. The van der Waals surface area contributed by atoms with Gasteiger partial charge in [-0.2, -0.15) is 5.10 Å². The maximum absolute atomic E-state index is 4.08. The van der Waals surface area contributed by atoms with Crippen molar-refractivity contribution in [1.29, 1.82) is 0 Å². The number of hydrogen-bond acceptors (Lipinski definition) is 2. The number of nitrogens with zero attached hydrogens (tertiary/aromatic N) is 1. The second kappa shape index (κ2) is 2.84. The lowest BCUT2D eigenvalue weighted by Gasteiger charge is -2.22. The van der Waals surface area contributed by atoms with E-state index in [0.29, 0.717) is 6.04 Å². The minimum atomic E-state index is 0.706. The van der Waals surface area contributed by atoms with Gasteiger partial charge in [-0.3, -0.25) is 5.10 Å². The monoisotopic (exact) mass is 177 g/mol. The Bertz CT molecular complexity index is 301. The van der Waals surface area contributed by atoms with Crippen molar-refractivity contribution < 1.29 is 0 Å². The van der Waals surface area contributed by atoms with Crippen LogP contribution in [-0.4, -0.2) is 22.3 Å². The van der Waals surface area contributed by atoms with E-state index >= 15 is 0 Å². The predicted octanol–water partition coefficient (Wildman–Crippen LogP) is 1.02. The van der Waals surface area contributed by atoms with Gasteiger partial charge in [0.15, 0.2) is 0 Å². The van der Waals surface area contributed by atoms with E-state index in [1.807, 2.05) is 6.20 Å². The SMILES string of the molecule is c1n[nH]c2c1CC(NC1CC1)CC2. The molecule has 1 aromatic heterocycles. The van der Waals surface area contributed by atoms with Crippen LogP contribution in [0.1, 0.15) is 30.5 Å². The molecule has 0 saturated heterocycles. The third-order valence-electron chi connectivity index (χ3n) is 3.07. The smallest absolute Gasteiger partial charge is 0.0522 e. The lowest BCUT2D eigenvalue weighted by molar-refractivity contribution is 0.454. The van der Waals surface area contributed by atoms with E-state index in [1.54, 1.807) is 0 Å². The molecule has 0 bridgehead atoms. The summed E-state index contributed by atoms with van der Waals surface area (Å²) in [7, 11) is 0. The highest BCUT2D eigenvalue weighted by molar-refractivity contribution is 5.21. The number of aromatic amines is 1. The average Bonchev–Trinajstić information content (AvgIpc) is 2.83. The minimum absolute atomic E-state index is 0.706. The van der Waals surface area contributed by atoms with Gasteiger partial charge in [-0.25, -0.2) is 0 Å². The largest absolute Gasteiger partial charge is 0.311 e. The fourth-order valence-electron chi connectivity index (χ4n) is 2.14. The molecular formula is C10H15N3. The summed E-state index contributed by atoms with van der Waals surface area (Å²) in [6.07, 6.45) is 8.35. The predicted molar refractivity (Wildman–Crippen MR) is 50.6 cm³/mol. The van der Waals surface area contributed by atoms with E-state index in [2.05, 4.69) is 15.5 Å². The molecule has 1 saturated carbocycles. The zero-order chi connectivity index (χ0) is 8.67. The summed E-state index contributed by atoms with van der Waals surface area (Å²) in [5, 5.41) is 10.8. The van der Waals surface area contributed by atoms with Crippen LogP contribution in [0.3, 0.4) is 0 Å². The molecule has 0 aromatic carbocycles. The number of aryl methyl sites for hydroxylation is 1. The average molecular weight is 177 g/mol. The van der Waals surface area contributed by atoms with Crippen LogP contribution in [0.15, 0.2) is 6.20 Å². The van der Waals surface area contributed by atoms with Crippen LogP contribution in [-0.2, 0) is 12.8 Å². The fraction of sp³-hybridized carbons (Fsp3) is 0.700. The minimum Gasteiger partial charge on any atom is -0.311 e. The van der Waals surface area contributed by atoms with E-state index in [1.165, 1.54) is 43.4 Å².